The Labute approximate surface area is 127 Å². The lowest BCUT2D eigenvalue weighted by molar-refractivity contribution is -0.116. The molecule has 5 nitrogen and oxygen atoms in total. The number of rotatable bonds is 3. The van der Waals surface area contributed by atoms with Crippen LogP contribution in [0.15, 0.2) is 30.3 Å². The van der Waals surface area contributed by atoms with E-state index in [9.17, 15) is 14.4 Å². The first-order valence-corrected chi connectivity index (χ1v) is 7.18. The fraction of sp³-hybridized carbons (Fsp3) is 0.235. The molecule has 22 heavy (non-hydrogen) atoms. The van der Waals surface area contributed by atoms with Gasteiger partial charge in [0.2, 0.25) is 5.91 Å². The van der Waals surface area contributed by atoms with Gasteiger partial charge >= 0.3 is 0 Å². The normalized spacial score (nSPS) is 13.4. The second-order valence-electron chi connectivity index (χ2n) is 5.82. The Hall–Kier alpha value is -2.69. The fourth-order valence-corrected chi connectivity index (χ4v) is 2.70. The second-order valence-corrected chi connectivity index (χ2v) is 5.82. The van der Waals surface area contributed by atoms with Crippen LogP contribution in [-0.2, 0) is 4.79 Å². The van der Waals surface area contributed by atoms with Crippen molar-refractivity contribution in [2.24, 2.45) is 5.92 Å². The van der Waals surface area contributed by atoms with Gasteiger partial charge in [-0.25, -0.2) is 0 Å². The summed E-state index contributed by atoms with van der Waals surface area (Å²) in [5.74, 6) is -0.642. The minimum Gasteiger partial charge on any atom is -0.326 e. The van der Waals surface area contributed by atoms with E-state index in [4.69, 9.17) is 0 Å². The van der Waals surface area contributed by atoms with Gasteiger partial charge in [0.1, 0.15) is 0 Å². The lowest BCUT2D eigenvalue weighted by atomic mass is 9.94. The van der Waals surface area contributed by atoms with E-state index < -0.39 is 11.8 Å². The van der Waals surface area contributed by atoms with Crippen molar-refractivity contribution < 1.29 is 14.4 Å². The molecule has 3 rings (SSSR count). The lowest BCUT2D eigenvalue weighted by Gasteiger charge is -2.18. The van der Waals surface area contributed by atoms with Crippen LogP contribution in [0.2, 0.25) is 0 Å². The summed E-state index contributed by atoms with van der Waals surface area (Å²) in [6, 6.07) is 8.56. The van der Waals surface area contributed by atoms with Crippen LogP contribution in [0.3, 0.4) is 0 Å². The van der Waals surface area contributed by atoms with Crippen molar-refractivity contribution >= 4 is 34.2 Å². The Morgan fingerprint density at radius 1 is 1.09 bits per heavy atom. The molecule has 0 unspecified atom stereocenters. The number of imide groups is 1. The Morgan fingerprint density at radius 2 is 1.77 bits per heavy atom. The molecule has 2 aromatic carbocycles. The molecule has 2 aromatic rings. The summed E-state index contributed by atoms with van der Waals surface area (Å²) in [5.41, 5.74) is 1.52. The zero-order chi connectivity index (χ0) is 15.9. The Bertz CT molecular complexity index is 789. The van der Waals surface area contributed by atoms with E-state index >= 15 is 0 Å². The first-order valence-electron chi connectivity index (χ1n) is 7.18. The number of benzene rings is 2. The van der Waals surface area contributed by atoms with E-state index in [1.54, 1.807) is 30.3 Å². The maximum Gasteiger partial charge on any atom is 0.258 e. The highest BCUT2D eigenvalue weighted by atomic mass is 16.2. The number of hydrogen-bond donors (Lipinski definition) is 2. The van der Waals surface area contributed by atoms with Crippen molar-refractivity contribution in [2.45, 2.75) is 20.3 Å². The zero-order valence-corrected chi connectivity index (χ0v) is 12.4. The van der Waals surface area contributed by atoms with Crippen LogP contribution >= 0.6 is 0 Å². The van der Waals surface area contributed by atoms with Gasteiger partial charge in [0.15, 0.2) is 0 Å². The minimum absolute atomic E-state index is 0.0812. The number of nitrogens with one attached hydrogen (secondary N) is 2. The number of hydrogen-bond acceptors (Lipinski definition) is 3. The summed E-state index contributed by atoms with van der Waals surface area (Å²) >= 11 is 0. The molecular formula is C17H16N2O3. The summed E-state index contributed by atoms with van der Waals surface area (Å²) in [5, 5.41) is 6.48. The van der Waals surface area contributed by atoms with E-state index in [1.165, 1.54) is 0 Å². The van der Waals surface area contributed by atoms with Gasteiger partial charge in [0, 0.05) is 34.0 Å². The zero-order valence-electron chi connectivity index (χ0n) is 12.4. The number of carbonyl (C=O) groups is 3. The van der Waals surface area contributed by atoms with Crippen molar-refractivity contribution in [1.82, 2.24) is 5.32 Å². The standard InChI is InChI=1S/C17H16N2O3/c1-9(2)8-14(20)18-13-7-6-12-15-10(13)4-3-5-11(15)16(21)19-17(12)22/h3-7,9H,8H2,1-2H3,(H,18,20)(H,19,21,22). The van der Waals surface area contributed by atoms with Crippen LogP contribution in [0.25, 0.3) is 10.8 Å². The van der Waals surface area contributed by atoms with E-state index in [1.807, 2.05) is 13.8 Å². The van der Waals surface area contributed by atoms with Crippen LogP contribution in [0.1, 0.15) is 41.0 Å². The molecule has 0 fully saturated rings. The van der Waals surface area contributed by atoms with Crippen LogP contribution in [0, 0.1) is 5.92 Å². The number of amides is 3. The number of anilines is 1. The molecule has 0 bridgehead atoms. The molecule has 0 spiro atoms. The van der Waals surface area contributed by atoms with Gasteiger partial charge in [-0.3, -0.25) is 19.7 Å². The van der Waals surface area contributed by atoms with Gasteiger partial charge in [0.25, 0.3) is 11.8 Å². The molecule has 2 N–H and O–H groups in total. The van der Waals surface area contributed by atoms with E-state index in [2.05, 4.69) is 10.6 Å². The van der Waals surface area contributed by atoms with Gasteiger partial charge in [-0.2, -0.15) is 0 Å². The molecular weight excluding hydrogens is 280 g/mol. The quantitative estimate of drug-likeness (QED) is 0.855. The highest BCUT2D eigenvalue weighted by Crippen LogP contribution is 2.32. The van der Waals surface area contributed by atoms with Crippen LogP contribution in [0.5, 0.6) is 0 Å². The summed E-state index contributed by atoms with van der Waals surface area (Å²) in [6.45, 7) is 3.94. The van der Waals surface area contributed by atoms with E-state index in [0.717, 1.165) is 0 Å². The van der Waals surface area contributed by atoms with Crippen molar-refractivity contribution in [3.05, 3.63) is 41.5 Å². The van der Waals surface area contributed by atoms with Gasteiger partial charge in [-0.15, -0.1) is 0 Å². The topological polar surface area (TPSA) is 75.3 Å². The molecule has 0 aliphatic carbocycles. The molecule has 112 valence electrons. The predicted octanol–water partition coefficient (Wildman–Crippen LogP) is 2.71. The summed E-state index contributed by atoms with van der Waals surface area (Å²) in [4.78, 5) is 35.9. The first kappa shape index (κ1) is 14.3. The Kier molecular flexibility index (Phi) is 3.41. The van der Waals surface area contributed by atoms with Crippen molar-refractivity contribution in [2.75, 3.05) is 5.32 Å². The van der Waals surface area contributed by atoms with Crippen molar-refractivity contribution in [3.63, 3.8) is 0 Å². The largest absolute Gasteiger partial charge is 0.326 e. The molecule has 0 radical (unpaired) electrons. The summed E-state index contributed by atoms with van der Waals surface area (Å²) < 4.78 is 0. The van der Waals surface area contributed by atoms with Crippen molar-refractivity contribution in [1.29, 1.82) is 0 Å². The molecule has 3 amide bonds. The highest BCUT2D eigenvalue weighted by molar-refractivity contribution is 6.27. The average Bonchev–Trinajstić information content (AvgIpc) is 2.44. The molecule has 0 saturated heterocycles. The highest BCUT2D eigenvalue weighted by Gasteiger charge is 2.25. The molecule has 1 aliphatic rings. The second kappa shape index (κ2) is 5.26. The van der Waals surface area contributed by atoms with E-state index in [-0.39, 0.29) is 11.8 Å². The predicted molar refractivity (Wildman–Crippen MR) is 83.8 cm³/mol. The maximum atomic E-state index is 12.0. The van der Waals surface area contributed by atoms with Crippen molar-refractivity contribution in [3.8, 4) is 0 Å². The van der Waals surface area contributed by atoms with Gasteiger partial charge in [0.05, 0.1) is 0 Å². The van der Waals surface area contributed by atoms with Crippen LogP contribution in [0.4, 0.5) is 5.69 Å². The smallest absolute Gasteiger partial charge is 0.258 e. The van der Waals surface area contributed by atoms with Gasteiger partial charge in [-0.1, -0.05) is 26.0 Å². The Balaban J connectivity index is 2.12. The maximum absolute atomic E-state index is 12.0. The van der Waals surface area contributed by atoms with Crippen LogP contribution < -0.4 is 10.6 Å². The third kappa shape index (κ3) is 2.35. The lowest BCUT2D eigenvalue weighted by Crippen LogP contribution is -2.34. The molecule has 5 heteroatoms. The Morgan fingerprint density at radius 3 is 2.45 bits per heavy atom. The summed E-state index contributed by atoms with van der Waals surface area (Å²) in [6.07, 6.45) is 0.419. The molecule has 1 aliphatic heterocycles. The minimum atomic E-state index is -0.409. The molecule has 0 atom stereocenters. The average molecular weight is 296 g/mol. The molecule has 1 heterocycles. The van der Waals surface area contributed by atoms with E-state index in [0.29, 0.717) is 34.0 Å². The molecule has 0 saturated carbocycles. The third-order valence-electron chi connectivity index (χ3n) is 3.62. The van der Waals surface area contributed by atoms with Crippen LogP contribution in [-0.4, -0.2) is 17.7 Å². The fourth-order valence-electron chi connectivity index (χ4n) is 2.70. The van der Waals surface area contributed by atoms with Gasteiger partial charge < -0.3 is 5.32 Å². The third-order valence-corrected chi connectivity index (χ3v) is 3.62. The summed E-state index contributed by atoms with van der Waals surface area (Å²) in [7, 11) is 0. The monoisotopic (exact) mass is 296 g/mol. The number of carbonyl (C=O) groups excluding carboxylic acids is 3. The van der Waals surface area contributed by atoms with Gasteiger partial charge in [-0.05, 0) is 24.1 Å². The molecule has 0 aromatic heterocycles. The first-order chi connectivity index (χ1) is 10.5. The SMILES string of the molecule is CC(C)CC(=O)Nc1ccc2c3c(cccc13)C(=O)NC2=O.